The van der Waals surface area contributed by atoms with E-state index in [9.17, 15) is 4.79 Å². The van der Waals surface area contributed by atoms with Crippen molar-refractivity contribution in [1.29, 1.82) is 0 Å². The highest BCUT2D eigenvalue weighted by Crippen LogP contribution is 2.32. The third kappa shape index (κ3) is 4.13. The van der Waals surface area contributed by atoms with Gasteiger partial charge in [0, 0.05) is 10.6 Å². The van der Waals surface area contributed by atoms with Gasteiger partial charge < -0.3 is 9.73 Å². The van der Waals surface area contributed by atoms with Gasteiger partial charge in [-0.05, 0) is 30.7 Å². The van der Waals surface area contributed by atoms with E-state index in [1.54, 1.807) is 24.5 Å². The minimum atomic E-state index is -0.312. The van der Waals surface area contributed by atoms with Crippen LogP contribution in [0, 0.1) is 0 Å². The zero-order chi connectivity index (χ0) is 21.1. The fraction of sp³-hybridized carbons (Fsp3) is 0.130. The molecule has 0 saturated carbocycles. The Morgan fingerprint density at radius 3 is 2.47 bits per heavy atom. The van der Waals surface area contributed by atoms with Gasteiger partial charge in [-0.3, -0.25) is 9.36 Å². The first-order valence-electron chi connectivity index (χ1n) is 9.43. The molecule has 30 heavy (non-hydrogen) atoms. The van der Waals surface area contributed by atoms with E-state index in [1.165, 1.54) is 4.57 Å². The molecular formula is C23H19Cl2N3O2. The predicted octanol–water partition coefficient (Wildman–Crippen LogP) is 6.03. The Bertz CT molecular complexity index is 1210. The van der Waals surface area contributed by atoms with E-state index in [-0.39, 0.29) is 29.1 Å². The van der Waals surface area contributed by atoms with Crippen LogP contribution in [0.2, 0.25) is 10.2 Å². The van der Waals surface area contributed by atoms with Gasteiger partial charge in [0.05, 0.1) is 24.5 Å². The fourth-order valence-corrected chi connectivity index (χ4v) is 3.80. The third-order valence-corrected chi connectivity index (χ3v) is 5.39. The molecule has 152 valence electrons. The van der Waals surface area contributed by atoms with Crippen molar-refractivity contribution in [3.8, 4) is 11.3 Å². The smallest absolute Gasteiger partial charge is 0.294 e. The molecule has 0 radical (unpaired) electrons. The molecule has 2 aromatic carbocycles. The molecule has 0 aliphatic carbocycles. The van der Waals surface area contributed by atoms with Crippen LogP contribution in [0.1, 0.15) is 24.3 Å². The van der Waals surface area contributed by atoms with Crippen molar-refractivity contribution >= 4 is 29.0 Å². The molecule has 0 fully saturated rings. The summed E-state index contributed by atoms with van der Waals surface area (Å²) in [6, 6.07) is 20.5. The molecule has 0 aliphatic rings. The van der Waals surface area contributed by atoms with Crippen LogP contribution in [-0.2, 0) is 6.54 Å². The first-order chi connectivity index (χ1) is 14.5. The van der Waals surface area contributed by atoms with Crippen LogP contribution in [-0.4, -0.2) is 9.55 Å². The predicted molar refractivity (Wildman–Crippen MR) is 120 cm³/mol. The van der Waals surface area contributed by atoms with Gasteiger partial charge in [0.1, 0.15) is 5.76 Å². The van der Waals surface area contributed by atoms with Crippen molar-refractivity contribution < 1.29 is 4.42 Å². The maximum absolute atomic E-state index is 13.4. The van der Waals surface area contributed by atoms with Crippen LogP contribution in [0.15, 0.2) is 82.2 Å². The van der Waals surface area contributed by atoms with Crippen LogP contribution in [0.5, 0.6) is 0 Å². The minimum absolute atomic E-state index is 0.134. The third-order valence-electron chi connectivity index (χ3n) is 4.80. The molecule has 1 atom stereocenters. The Hall–Kier alpha value is -3.02. The molecule has 0 spiro atoms. The molecule has 0 bridgehead atoms. The van der Waals surface area contributed by atoms with E-state index >= 15 is 0 Å². The Labute approximate surface area is 183 Å². The van der Waals surface area contributed by atoms with E-state index in [4.69, 9.17) is 27.6 Å². The molecule has 2 aromatic heterocycles. The van der Waals surface area contributed by atoms with Crippen molar-refractivity contribution in [3.63, 3.8) is 0 Å². The van der Waals surface area contributed by atoms with E-state index in [0.717, 1.165) is 5.56 Å². The number of anilines is 1. The largest absolute Gasteiger partial charge is 0.467 e. The number of aromatic nitrogens is 2. The van der Waals surface area contributed by atoms with E-state index < -0.39 is 0 Å². The summed E-state index contributed by atoms with van der Waals surface area (Å²) in [4.78, 5) is 17.8. The lowest BCUT2D eigenvalue weighted by Crippen LogP contribution is -2.28. The first-order valence-corrected chi connectivity index (χ1v) is 10.2. The van der Waals surface area contributed by atoms with Gasteiger partial charge in [-0.1, -0.05) is 71.7 Å². The molecule has 5 nitrogen and oxygen atoms in total. The van der Waals surface area contributed by atoms with E-state index in [1.807, 2.05) is 55.5 Å². The second-order valence-corrected chi connectivity index (χ2v) is 7.59. The summed E-state index contributed by atoms with van der Waals surface area (Å²) in [6.07, 6.45) is 1.56. The Balaban J connectivity index is 1.83. The van der Waals surface area contributed by atoms with Crippen LogP contribution < -0.4 is 10.9 Å². The van der Waals surface area contributed by atoms with E-state index in [0.29, 0.717) is 22.0 Å². The van der Waals surface area contributed by atoms with Crippen LogP contribution in [0.3, 0.4) is 0 Å². The van der Waals surface area contributed by atoms with Gasteiger partial charge in [0.2, 0.25) is 0 Å². The molecule has 0 aliphatic heterocycles. The molecule has 0 saturated heterocycles. The molecule has 7 heteroatoms. The minimum Gasteiger partial charge on any atom is -0.467 e. The summed E-state index contributed by atoms with van der Waals surface area (Å²) >= 11 is 13.0. The van der Waals surface area contributed by atoms with Crippen molar-refractivity contribution in [2.75, 3.05) is 5.32 Å². The number of halogens is 2. The topological polar surface area (TPSA) is 60.1 Å². The number of nitrogens with one attached hydrogen (secondary N) is 1. The molecule has 2 heterocycles. The average Bonchev–Trinajstić information content (AvgIpc) is 3.26. The maximum atomic E-state index is 13.4. The monoisotopic (exact) mass is 439 g/mol. The number of hydrogen-bond donors (Lipinski definition) is 1. The number of benzene rings is 2. The lowest BCUT2D eigenvalue weighted by molar-refractivity contribution is 0.490. The van der Waals surface area contributed by atoms with Crippen molar-refractivity contribution in [2.24, 2.45) is 0 Å². The Morgan fingerprint density at radius 2 is 1.77 bits per heavy atom. The zero-order valence-corrected chi connectivity index (χ0v) is 17.7. The number of hydrogen-bond acceptors (Lipinski definition) is 4. The fourth-order valence-electron chi connectivity index (χ4n) is 3.28. The van der Waals surface area contributed by atoms with Gasteiger partial charge in [-0.15, -0.1) is 0 Å². The second-order valence-electron chi connectivity index (χ2n) is 6.83. The molecule has 1 N–H and O–H groups in total. The van der Waals surface area contributed by atoms with Gasteiger partial charge >= 0.3 is 0 Å². The van der Waals surface area contributed by atoms with Gasteiger partial charge in [-0.2, -0.15) is 0 Å². The number of rotatable bonds is 6. The molecular weight excluding hydrogens is 421 g/mol. The molecule has 4 rings (SSSR count). The summed E-state index contributed by atoms with van der Waals surface area (Å²) in [7, 11) is 0. The average molecular weight is 440 g/mol. The van der Waals surface area contributed by atoms with Crippen molar-refractivity contribution in [1.82, 2.24) is 9.55 Å². The highest BCUT2D eigenvalue weighted by molar-refractivity contribution is 6.35. The SMILES string of the molecule is C[C@@H](Nc1nc(Cl)c(-c2ccccc2Cl)n(Cc2ccco2)c1=O)c1ccccc1. The second kappa shape index (κ2) is 8.78. The molecule has 0 unspecified atom stereocenters. The van der Waals surface area contributed by atoms with Gasteiger partial charge in [0.25, 0.3) is 5.56 Å². The maximum Gasteiger partial charge on any atom is 0.294 e. The lowest BCUT2D eigenvalue weighted by atomic mass is 10.1. The number of furan rings is 1. The quantitative estimate of drug-likeness (QED) is 0.398. The summed E-state index contributed by atoms with van der Waals surface area (Å²) in [5, 5.41) is 3.84. The Morgan fingerprint density at radius 1 is 1.03 bits per heavy atom. The summed E-state index contributed by atoms with van der Waals surface area (Å²) in [5.41, 5.74) is 1.79. The summed E-state index contributed by atoms with van der Waals surface area (Å²) in [6.45, 7) is 2.16. The summed E-state index contributed by atoms with van der Waals surface area (Å²) < 4.78 is 7.00. The van der Waals surface area contributed by atoms with E-state index in [2.05, 4.69) is 10.3 Å². The highest BCUT2D eigenvalue weighted by atomic mass is 35.5. The molecule has 4 aromatic rings. The first kappa shape index (κ1) is 20.3. The zero-order valence-electron chi connectivity index (χ0n) is 16.2. The van der Waals surface area contributed by atoms with Crippen molar-refractivity contribution in [2.45, 2.75) is 19.5 Å². The van der Waals surface area contributed by atoms with Crippen molar-refractivity contribution in [3.05, 3.63) is 105 Å². The van der Waals surface area contributed by atoms with Crippen LogP contribution in [0.25, 0.3) is 11.3 Å². The van der Waals surface area contributed by atoms with Crippen LogP contribution in [0.4, 0.5) is 5.82 Å². The van der Waals surface area contributed by atoms with Gasteiger partial charge in [-0.25, -0.2) is 4.98 Å². The molecule has 0 amide bonds. The lowest BCUT2D eigenvalue weighted by Gasteiger charge is -2.19. The highest BCUT2D eigenvalue weighted by Gasteiger charge is 2.21. The Kier molecular flexibility index (Phi) is 5.93. The summed E-state index contributed by atoms with van der Waals surface area (Å²) in [5.74, 6) is 0.786. The van der Waals surface area contributed by atoms with Crippen LogP contribution >= 0.6 is 23.2 Å². The van der Waals surface area contributed by atoms with Gasteiger partial charge in [0.15, 0.2) is 11.0 Å². The standard InChI is InChI=1S/C23H19Cl2N3O2/c1-15(16-8-3-2-4-9-16)26-22-23(29)28(14-17-10-7-13-30-17)20(21(25)27-22)18-11-5-6-12-19(18)24/h2-13,15H,14H2,1H3,(H,26,27)/t15-/m1/s1. The number of nitrogens with zero attached hydrogens (tertiary/aromatic N) is 2. The normalized spacial score (nSPS) is 12.0.